The molecule has 1 heterocycles. The number of hydrogen-bond acceptors (Lipinski definition) is 2. The minimum Gasteiger partial charge on any atom is -0.461 e. The Balaban J connectivity index is 1.18. The van der Waals surface area contributed by atoms with Gasteiger partial charge in [-0.2, -0.15) is 0 Å². The number of hydrogen-bond donors (Lipinski definition) is 1. The smallest absolute Gasteiger partial charge is 0.255 e. The Bertz CT molecular complexity index is 1280. The van der Waals surface area contributed by atoms with E-state index in [0.29, 0.717) is 5.56 Å². The van der Waals surface area contributed by atoms with Crippen LogP contribution < -0.4 is 5.32 Å². The van der Waals surface area contributed by atoms with Gasteiger partial charge in [-0.1, -0.05) is 42.0 Å². The molecule has 160 valence electrons. The van der Waals surface area contributed by atoms with Crippen molar-refractivity contribution in [2.75, 3.05) is 5.32 Å². The van der Waals surface area contributed by atoms with Gasteiger partial charge in [0.25, 0.3) is 5.91 Å². The van der Waals surface area contributed by atoms with E-state index in [1.807, 2.05) is 24.3 Å². The summed E-state index contributed by atoms with van der Waals surface area (Å²) in [6.07, 6.45) is 7.24. The molecule has 1 amide bonds. The Morgan fingerprint density at radius 1 is 0.906 bits per heavy atom. The van der Waals surface area contributed by atoms with Crippen molar-refractivity contribution in [1.29, 1.82) is 0 Å². The second-order valence-corrected chi connectivity index (χ2v) is 8.22. The Morgan fingerprint density at radius 2 is 1.69 bits per heavy atom. The van der Waals surface area contributed by atoms with Crippen molar-refractivity contribution in [3.05, 3.63) is 113 Å². The number of carbonyl (C=O) groups excluding carboxylic acids is 1. The predicted octanol–water partition coefficient (Wildman–Crippen LogP) is 6.87. The van der Waals surface area contributed by atoms with Gasteiger partial charge in [-0.3, -0.25) is 4.79 Å². The molecule has 5 rings (SSSR count). The molecule has 0 bridgehead atoms. The summed E-state index contributed by atoms with van der Waals surface area (Å²) in [5.74, 6) is 0.525. The van der Waals surface area contributed by atoms with Gasteiger partial charge in [0.05, 0.1) is 0 Å². The van der Waals surface area contributed by atoms with Crippen LogP contribution >= 0.6 is 0 Å². The summed E-state index contributed by atoms with van der Waals surface area (Å²) in [5.41, 5.74) is 6.18. The summed E-state index contributed by atoms with van der Waals surface area (Å²) < 4.78 is 19.1. The molecule has 0 unspecified atom stereocenters. The largest absolute Gasteiger partial charge is 0.461 e. The van der Waals surface area contributed by atoms with Gasteiger partial charge in [0.15, 0.2) is 0 Å². The van der Waals surface area contributed by atoms with Crippen LogP contribution in [0.3, 0.4) is 0 Å². The van der Waals surface area contributed by atoms with Gasteiger partial charge >= 0.3 is 0 Å². The highest BCUT2D eigenvalue weighted by Gasteiger charge is 2.16. The van der Waals surface area contributed by atoms with Crippen molar-refractivity contribution in [3.8, 4) is 0 Å². The fourth-order valence-electron chi connectivity index (χ4n) is 4.29. The lowest BCUT2D eigenvalue weighted by molar-refractivity contribution is 0.102. The van der Waals surface area contributed by atoms with E-state index >= 15 is 0 Å². The Hall–Kier alpha value is -3.66. The maximum atomic E-state index is 13.0. The summed E-state index contributed by atoms with van der Waals surface area (Å²) >= 11 is 0. The van der Waals surface area contributed by atoms with Crippen molar-refractivity contribution in [2.45, 2.75) is 32.1 Å². The van der Waals surface area contributed by atoms with Crippen molar-refractivity contribution in [3.63, 3.8) is 0 Å². The molecule has 1 aliphatic rings. The van der Waals surface area contributed by atoms with Gasteiger partial charge in [0, 0.05) is 28.6 Å². The first-order valence-electron chi connectivity index (χ1n) is 11.0. The van der Waals surface area contributed by atoms with E-state index in [4.69, 9.17) is 4.42 Å². The molecule has 0 saturated carbocycles. The van der Waals surface area contributed by atoms with Crippen molar-refractivity contribution >= 4 is 22.6 Å². The molecule has 0 fully saturated rings. The maximum Gasteiger partial charge on any atom is 0.255 e. The maximum absolute atomic E-state index is 13.0. The second kappa shape index (κ2) is 8.83. The topological polar surface area (TPSA) is 42.2 Å². The number of para-hydroxylation sites is 1. The number of anilines is 1. The number of furan rings is 1. The summed E-state index contributed by atoms with van der Waals surface area (Å²) in [6.45, 7) is 0. The monoisotopic (exact) mass is 425 g/mol. The van der Waals surface area contributed by atoms with Crippen LogP contribution in [0.4, 0.5) is 10.1 Å². The minimum absolute atomic E-state index is 0.245. The van der Waals surface area contributed by atoms with E-state index < -0.39 is 0 Å². The molecule has 0 aliphatic heterocycles. The molecular formula is C28H24FNO2. The standard InChI is InChI=1S/C28H24FNO2/c29-22-13-11-21(12-14-22)28(31)30-23-15-7-19(8-16-23)5-6-20-9-17-25-24-3-1-2-4-26(24)32-27(25)18-10-20/h1-4,7-9,11-16H,5-6,10,17-18H2,(H,30,31). The zero-order valence-electron chi connectivity index (χ0n) is 17.7. The number of allylic oxidation sites excluding steroid dienone is 2. The Kier molecular flexibility index (Phi) is 5.59. The van der Waals surface area contributed by atoms with E-state index in [9.17, 15) is 9.18 Å². The number of aryl methyl sites for hydroxylation is 2. The van der Waals surface area contributed by atoms with Crippen LogP contribution in [0.5, 0.6) is 0 Å². The fourth-order valence-corrected chi connectivity index (χ4v) is 4.29. The van der Waals surface area contributed by atoms with Gasteiger partial charge in [-0.25, -0.2) is 4.39 Å². The minimum atomic E-state index is -0.354. The summed E-state index contributed by atoms with van der Waals surface area (Å²) in [5, 5.41) is 4.09. The summed E-state index contributed by atoms with van der Waals surface area (Å²) in [6, 6.07) is 21.7. The van der Waals surface area contributed by atoms with Crippen LogP contribution in [-0.2, 0) is 19.3 Å². The molecule has 3 aromatic carbocycles. The normalized spacial score (nSPS) is 13.3. The highest BCUT2D eigenvalue weighted by atomic mass is 19.1. The Morgan fingerprint density at radius 3 is 2.50 bits per heavy atom. The molecule has 1 N–H and O–H groups in total. The van der Waals surface area contributed by atoms with Crippen LogP contribution in [0.2, 0.25) is 0 Å². The zero-order valence-corrected chi connectivity index (χ0v) is 17.7. The lowest BCUT2D eigenvalue weighted by Crippen LogP contribution is -2.11. The first-order valence-corrected chi connectivity index (χ1v) is 11.0. The molecule has 4 aromatic rings. The van der Waals surface area contributed by atoms with Crippen molar-refractivity contribution in [1.82, 2.24) is 0 Å². The van der Waals surface area contributed by atoms with Crippen molar-refractivity contribution in [2.24, 2.45) is 0 Å². The summed E-state index contributed by atoms with van der Waals surface area (Å²) in [4.78, 5) is 12.3. The number of nitrogens with one attached hydrogen (secondary N) is 1. The van der Waals surface area contributed by atoms with Crippen LogP contribution in [0.25, 0.3) is 11.0 Å². The number of benzene rings is 3. The first-order chi connectivity index (χ1) is 15.7. The van der Waals surface area contributed by atoms with Gasteiger partial charge in [-0.15, -0.1) is 0 Å². The predicted molar refractivity (Wildman–Crippen MR) is 125 cm³/mol. The quantitative estimate of drug-likeness (QED) is 0.355. The second-order valence-electron chi connectivity index (χ2n) is 8.22. The first kappa shape index (κ1) is 20.3. The average Bonchev–Trinajstić information content (AvgIpc) is 3.05. The molecule has 0 saturated heterocycles. The van der Waals surface area contributed by atoms with E-state index in [0.717, 1.165) is 49.1 Å². The van der Waals surface area contributed by atoms with Crippen LogP contribution in [-0.4, -0.2) is 5.91 Å². The molecule has 32 heavy (non-hydrogen) atoms. The summed E-state index contributed by atoms with van der Waals surface area (Å²) in [7, 11) is 0. The lowest BCUT2D eigenvalue weighted by atomic mass is 10.0. The van der Waals surface area contributed by atoms with Crippen LogP contribution in [0.15, 0.2) is 88.9 Å². The number of carbonyl (C=O) groups is 1. The number of rotatable bonds is 5. The zero-order chi connectivity index (χ0) is 21.9. The van der Waals surface area contributed by atoms with Gasteiger partial charge in [0.2, 0.25) is 0 Å². The number of halogens is 1. The fraction of sp³-hybridized carbons (Fsp3) is 0.179. The van der Waals surface area contributed by atoms with Crippen LogP contribution in [0, 0.1) is 5.82 Å². The highest BCUT2D eigenvalue weighted by molar-refractivity contribution is 6.04. The average molecular weight is 426 g/mol. The molecule has 3 nitrogen and oxygen atoms in total. The number of amides is 1. The molecule has 1 aliphatic carbocycles. The Labute approximate surface area is 186 Å². The van der Waals surface area contributed by atoms with E-state index in [2.05, 4.69) is 35.7 Å². The molecule has 0 radical (unpaired) electrons. The highest BCUT2D eigenvalue weighted by Crippen LogP contribution is 2.31. The third kappa shape index (κ3) is 4.35. The van der Waals surface area contributed by atoms with Crippen LogP contribution in [0.1, 0.15) is 40.1 Å². The third-order valence-electron chi connectivity index (χ3n) is 6.10. The third-order valence-corrected chi connectivity index (χ3v) is 6.10. The van der Waals surface area contributed by atoms with Gasteiger partial charge in [0.1, 0.15) is 17.2 Å². The van der Waals surface area contributed by atoms with E-state index in [1.54, 1.807) is 0 Å². The van der Waals surface area contributed by atoms with E-state index in [1.165, 1.54) is 46.4 Å². The van der Waals surface area contributed by atoms with Gasteiger partial charge in [-0.05, 0) is 73.7 Å². The van der Waals surface area contributed by atoms with Gasteiger partial charge < -0.3 is 9.73 Å². The molecular weight excluding hydrogens is 401 g/mol. The van der Waals surface area contributed by atoms with E-state index in [-0.39, 0.29) is 11.7 Å². The molecule has 0 atom stereocenters. The molecule has 0 spiro atoms. The molecule has 4 heteroatoms. The number of fused-ring (bicyclic) bond motifs is 3. The SMILES string of the molecule is O=C(Nc1ccc(CCC2=CCc3c(oc4ccccc34)CC2)cc1)c1ccc(F)cc1. The van der Waals surface area contributed by atoms with Crippen molar-refractivity contribution < 1.29 is 13.6 Å². The molecule has 1 aromatic heterocycles. The lowest BCUT2D eigenvalue weighted by Gasteiger charge is -2.08.